The summed E-state index contributed by atoms with van der Waals surface area (Å²) >= 11 is 0. The molecule has 90 valence electrons. The second-order valence-electron chi connectivity index (χ2n) is 3.57. The second kappa shape index (κ2) is 5.04. The lowest BCUT2D eigenvalue weighted by Gasteiger charge is -2.09. The summed E-state index contributed by atoms with van der Waals surface area (Å²) in [4.78, 5) is 10.3. The Morgan fingerprint density at radius 2 is 2.25 bits per heavy atom. The van der Waals surface area contributed by atoms with Gasteiger partial charge in [-0.1, -0.05) is 0 Å². The maximum absolute atomic E-state index is 10.7. The molecule has 0 aliphatic heterocycles. The van der Waals surface area contributed by atoms with Crippen LogP contribution in [0.25, 0.3) is 0 Å². The number of ether oxygens (including phenoxy) is 1. The molecular weight excluding hydrogens is 214 g/mol. The van der Waals surface area contributed by atoms with Gasteiger partial charge in [-0.25, -0.2) is 0 Å². The third-order valence-corrected chi connectivity index (χ3v) is 2.27. The van der Waals surface area contributed by atoms with Crippen LogP contribution in [0.4, 0.5) is 5.69 Å². The van der Waals surface area contributed by atoms with Crippen LogP contribution >= 0.6 is 0 Å². The highest BCUT2D eigenvalue weighted by atomic mass is 16.6. The van der Waals surface area contributed by atoms with Crippen LogP contribution in [0.2, 0.25) is 0 Å². The SMILES string of the molecule is COCC(O)Cn1nc(C)c([N+](=O)[O-])c1C. The van der Waals surface area contributed by atoms with Crippen LogP contribution < -0.4 is 0 Å². The number of hydrogen-bond donors (Lipinski definition) is 1. The molecule has 0 fully saturated rings. The maximum atomic E-state index is 10.7. The molecule has 0 spiro atoms. The summed E-state index contributed by atoms with van der Waals surface area (Å²) in [5.41, 5.74) is 0.800. The highest BCUT2D eigenvalue weighted by Gasteiger charge is 2.22. The molecule has 7 heteroatoms. The fourth-order valence-corrected chi connectivity index (χ4v) is 1.57. The van der Waals surface area contributed by atoms with Gasteiger partial charge in [0.05, 0.1) is 24.2 Å². The van der Waals surface area contributed by atoms with Crippen molar-refractivity contribution in [3.8, 4) is 0 Å². The molecule has 16 heavy (non-hydrogen) atoms. The standard InChI is InChI=1S/C9H15N3O4/c1-6-9(12(14)15)7(2)11(10-6)4-8(13)5-16-3/h8,13H,4-5H2,1-3H3. The lowest BCUT2D eigenvalue weighted by molar-refractivity contribution is -0.386. The summed E-state index contributed by atoms with van der Waals surface area (Å²) in [6.45, 7) is 3.54. The van der Waals surface area contributed by atoms with E-state index < -0.39 is 11.0 Å². The van der Waals surface area contributed by atoms with Crippen LogP contribution in [-0.2, 0) is 11.3 Å². The first-order valence-corrected chi connectivity index (χ1v) is 4.82. The first-order chi connectivity index (χ1) is 7.47. The molecule has 1 N–H and O–H groups in total. The molecule has 1 atom stereocenters. The van der Waals surface area contributed by atoms with Gasteiger partial charge in [0.15, 0.2) is 0 Å². The van der Waals surface area contributed by atoms with E-state index in [0.29, 0.717) is 11.4 Å². The van der Waals surface area contributed by atoms with Crippen molar-refractivity contribution in [1.29, 1.82) is 0 Å². The largest absolute Gasteiger partial charge is 0.389 e. The fraction of sp³-hybridized carbons (Fsp3) is 0.667. The minimum absolute atomic E-state index is 0.00427. The zero-order valence-corrected chi connectivity index (χ0v) is 9.51. The smallest absolute Gasteiger partial charge is 0.312 e. The van der Waals surface area contributed by atoms with Gasteiger partial charge in [0.1, 0.15) is 11.4 Å². The number of hydrogen-bond acceptors (Lipinski definition) is 5. The molecule has 0 saturated heterocycles. The number of rotatable bonds is 5. The van der Waals surface area contributed by atoms with E-state index in [2.05, 4.69) is 5.10 Å². The Hall–Kier alpha value is -1.47. The first kappa shape index (κ1) is 12.6. The van der Waals surface area contributed by atoms with Crippen molar-refractivity contribution in [3.63, 3.8) is 0 Å². The Morgan fingerprint density at radius 1 is 1.62 bits per heavy atom. The summed E-state index contributed by atoms with van der Waals surface area (Å²) < 4.78 is 6.20. The van der Waals surface area contributed by atoms with E-state index in [9.17, 15) is 15.2 Å². The Balaban J connectivity index is 2.90. The van der Waals surface area contributed by atoms with E-state index in [1.54, 1.807) is 13.8 Å². The molecular formula is C9H15N3O4. The monoisotopic (exact) mass is 229 g/mol. The normalized spacial score (nSPS) is 12.8. The van der Waals surface area contributed by atoms with Crippen LogP contribution in [0.5, 0.6) is 0 Å². The molecule has 0 aliphatic carbocycles. The molecule has 1 rings (SSSR count). The Morgan fingerprint density at radius 3 is 2.69 bits per heavy atom. The molecule has 0 radical (unpaired) electrons. The zero-order chi connectivity index (χ0) is 12.3. The number of aliphatic hydroxyl groups excluding tert-OH is 1. The van der Waals surface area contributed by atoms with E-state index in [-0.39, 0.29) is 18.8 Å². The predicted octanol–water partition coefficient (Wildman–Crippen LogP) is 0.415. The minimum Gasteiger partial charge on any atom is -0.389 e. The molecule has 1 aromatic heterocycles. The summed E-state index contributed by atoms with van der Waals surface area (Å²) in [5, 5.41) is 24.3. The van der Waals surface area contributed by atoms with Gasteiger partial charge in [-0.05, 0) is 13.8 Å². The molecule has 0 bridgehead atoms. The lowest BCUT2D eigenvalue weighted by atomic mass is 10.3. The minimum atomic E-state index is -0.720. The van der Waals surface area contributed by atoms with Gasteiger partial charge in [-0.15, -0.1) is 0 Å². The van der Waals surface area contributed by atoms with E-state index in [4.69, 9.17) is 4.74 Å². The number of aryl methyl sites for hydroxylation is 1. The number of nitrogens with zero attached hydrogens (tertiary/aromatic N) is 3. The van der Waals surface area contributed by atoms with Gasteiger partial charge in [-0.3, -0.25) is 14.8 Å². The molecule has 7 nitrogen and oxygen atoms in total. The zero-order valence-electron chi connectivity index (χ0n) is 9.51. The van der Waals surface area contributed by atoms with Crippen LogP contribution in [0.15, 0.2) is 0 Å². The average molecular weight is 229 g/mol. The van der Waals surface area contributed by atoms with E-state index in [1.165, 1.54) is 11.8 Å². The topological polar surface area (TPSA) is 90.4 Å². The van der Waals surface area contributed by atoms with Crippen molar-refractivity contribution < 1.29 is 14.8 Å². The van der Waals surface area contributed by atoms with Gasteiger partial charge in [0, 0.05) is 7.11 Å². The average Bonchev–Trinajstić information content (AvgIpc) is 2.42. The Bertz CT molecular complexity index is 388. The summed E-state index contributed by atoms with van der Waals surface area (Å²) in [7, 11) is 1.48. The Kier molecular flexibility index (Phi) is 3.97. The summed E-state index contributed by atoms with van der Waals surface area (Å²) in [6.07, 6.45) is -0.720. The quantitative estimate of drug-likeness (QED) is 0.583. The van der Waals surface area contributed by atoms with Crippen LogP contribution in [0, 0.1) is 24.0 Å². The summed E-state index contributed by atoms with van der Waals surface area (Å²) in [5.74, 6) is 0. The molecule has 1 unspecified atom stereocenters. The molecule has 0 amide bonds. The van der Waals surface area contributed by atoms with E-state index in [1.807, 2.05) is 0 Å². The number of aliphatic hydroxyl groups is 1. The van der Waals surface area contributed by atoms with Crippen molar-refractivity contribution in [2.75, 3.05) is 13.7 Å². The van der Waals surface area contributed by atoms with E-state index in [0.717, 1.165) is 0 Å². The predicted molar refractivity (Wildman–Crippen MR) is 56.2 cm³/mol. The van der Waals surface area contributed by atoms with Crippen molar-refractivity contribution in [2.45, 2.75) is 26.5 Å². The van der Waals surface area contributed by atoms with Gasteiger partial charge in [0.25, 0.3) is 0 Å². The third-order valence-electron chi connectivity index (χ3n) is 2.27. The van der Waals surface area contributed by atoms with Gasteiger partial charge in [-0.2, -0.15) is 5.10 Å². The third kappa shape index (κ3) is 2.56. The van der Waals surface area contributed by atoms with Gasteiger partial charge >= 0.3 is 5.69 Å². The van der Waals surface area contributed by atoms with Crippen molar-refractivity contribution >= 4 is 5.69 Å². The first-order valence-electron chi connectivity index (χ1n) is 4.82. The lowest BCUT2D eigenvalue weighted by Crippen LogP contribution is -2.22. The second-order valence-corrected chi connectivity index (χ2v) is 3.57. The highest BCUT2D eigenvalue weighted by molar-refractivity contribution is 5.39. The molecule has 1 heterocycles. The van der Waals surface area contributed by atoms with Gasteiger partial charge < -0.3 is 9.84 Å². The number of methoxy groups -OCH3 is 1. The Labute approximate surface area is 92.8 Å². The fourth-order valence-electron chi connectivity index (χ4n) is 1.57. The molecule has 0 aromatic carbocycles. The van der Waals surface area contributed by atoms with Crippen molar-refractivity contribution in [2.24, 2.45) is 0 Å². The van der Waals surface area contributed by atoms with Crippen LogP contribution in [0.3, 0.4) is 0 Å². The molecule has 1 aromatic rings. The van der Waals surface area contributed by atoms with Crippen molar-refractivity contribution in [3.05, 3.63) is 21.5 Å². The number of aromatic nitrogens is 2. The van der Waals surface area contributed by atoms with Crippen LogP contribution in [0.1, 0.15) is 11.4 Å². The van der Waals surface area contributed by atoms with Crippen molar-refractivity contribution in [1.82, 2.24) is 9.78 Å². The number of nitro groups is 1. The molecule has 0 saturated carbocycles. The molecule has 0 aliphatic rings. The maximum Gasteiger partial charge on any atom is 0.312 e. The summed E-state index contributed by atoms with van der Waals surface area (Å²) in [6, 6.07) is 0. The van der Waals surface area contributed by atoms with E-state index >= 15 is 0 Å². The highest BCUT2D eigenvalue weighted by Crippen LogP contribution is 2.21. The van der Waals surface area contributed by atoms with Gasteiger partial charge in [0.2, 0.25) is 0 Å². The van der Waals surface area contributed by atoms with Crippen LogP contribution in [-0.4, -0.2) is 39.6 Å².